The molecule has 1 fully saturated rings. The van der Waals surface area contributed by atoms with Gasteiger partial charge in [-0.2, -0.15) is 0 Å². The zero-order chi connectivity index (χ0) is 16.8. The Labute approximate surface area is 138 Å². The lowest BCUT2D eigenvalue weighted by Crippen LogP contribution is -2.35. The molecule has 0 bridgehead atoms. The summed E-state index contributed by atoms with van der Waals surface area (Å²) < 4.78 is 23.3. The van der Waals surface area contributed by atoms with Crippen LogP contribution in [0.1, 0.15) is 20.3 Å². The number of thioether (sulfide) groups is 1. The van der Waals surface area contributed by atoms with E-state index < -0.39 is 5.82 Å². The lowest BCUT2D eigenvalue weighted by molar-refractivity contribution is -0.143. The van der Waals surface area contributed by atoms with Crippen LogP contribution in [0.15, 0.2) is 24.3 Å². The number of hydrogen-bond acceptors (Lipinski definition) is 5. The summed E-state index contributed by atoms with van der Waals surface area (Å²) in [6.45, 7) is 3.88. The molecule has 7 heteroatoms. The van der Waals surface area contributed by atoms with Gasteiger partial charge in [-0.15, -0.1) is 11.8 Å². The van der Waals surface area contributed by atoms with E-state index in [0.29, 0.717) is 18.8 Å². The number of halogens is 1. The van der Waals surface area contributed by atoms with E-state index in [4.69, 9.17) is 9.47 Å². The molecule has 126 valence electrons. The molecular weight excluding hydrogens is 321 g/mol. The third-order valence-corrected chi connectivity index (χ3v) is 5.01. The fraction of sp³-hybridized carbons (Fsp3) is 0.500. The lowest BCUT2D eigenvalue weighted by Gasteiger charge is -2.13. The molecule has 1 aromatic rings. The van der Waals surface area contributed by atoms with Gasteiger partial charge in [-0.1, -0.05) is 13.0 Å². The fourth-order valence-corrected chi connectivity index (χ4v) is 3.89. The number of esters is 1. The normalized spacial score (nSPS) is 23.3. The average molecular weight is 341 g/mol. The average Bonchev–Trinajstić information content (AvgIpc) is 2.86. The number of nitrogens with one attached hydrogen (secondary N) is 1. The van der Waals surface area contributed by atoms with Crippen molar-refractivity contribution in [3.8, 4) is 5.75 Å². The van der Waals surface area contributed by atoms with Gasteiger partial charge in [0.15, 0.2) is 6.61 Å². The van der Waals surface area contributed by atoms with Crippen LogP contribution in [0.3, 0.4) is 0 Å². The summed E-state index contributed by atoms with van der Waals surface area (Å²) in [4.78, 5) is 23.7. The van der Waals surface area contributed by atoms with Gasteiger partial charge in [-0.3, -0.25) is 9.59 Å². The Morgan fingerprint density at radius 3 is 2.91 bits per heavy atom. The molecule has 3 unspecified atom stereocenters. The summed E-state index contributed by atoms with van der Waals surface area (Å²) in [5.74, 6) is -0.521. The van der Waals surface area contributed by atoms with Gasteiger partial charge in [-0.25, -0.2) is 4.39 Å². The molecule has 1 N–H and O–H groups in total. The summed E-state index contributed by atoms with van der Waals surface area (Å²) in [7, 11) is 0. The summed E-state index contributed by atoms with van der Waals surface area (Å²) >= 11 is 1.40. The van der Waals surface area contributed by atoms with E-state index in [9.17, 15) is 14.0 Å². The maximum atomic E-state index is 13.0. The van der Waals surface area contributed by atoms with Crippen molar-refractivity contribution < 1.29 is 23.5 Å². The second kappa shape index (κ2) is 8.19. The molecule has 0 spiro atoms. The van der Waals surface area contributed by atoms with E-state index >= 15 is 0 Å². The number of amides is 1. The molecule has 3 atom stereocenters. The van der Waals surface area contributed by atoms with Crippen molar-refractivity contribution >= 4 is 23.6 Å². The first-order chi connectivity index (χ1) is 11.0. The number of rotatable bonds is 6. The smallest absolute Gasteiger partial charge is 0.319 e. The second-order valence-electron chi connectivity index (χ2n) is 5.32. The molecule has 0 aliphatic carbocycles. The Kier molecular flexibility index (Phi) is 6.27. The van der Waals surface area contributed by atoms with Crippen molar-refractivity contribution in [2.24, 2.45) is 5.92 Å². The van der Waals surface area contributed by atoms with Gasteiger partial charge >= 0.3 is 5.97 Å². The van der Waals surface area contributed by atoms with Crippen molar-refractivity contribution in [2.75, 3.05) is 13.2 Å². The highest BCUT2D eigenvalue weighted by Gasteiger charge is 2.38. The molecule has 0 radical (unpaired) electrons. The number of carbonyl (C=O) groups excluding carboxylic acids is 2. The summed E-state index contributed by atoms with van der Waals surface area (Å²) in [5, 5.41) is 2.41. The number of benzene rings is 1. The number of hydrogen-bond donors (Lipinski definition) is 1. The van der Waals surface area contributed by atoms with Crippen molar-refractivity contribution in [2.45, 2.75) is 30.9 Å². The molecule has 1 aromatic carbocycles. The predicted octanol–water partition coefficient (Wildman–Crippen LogP) is 2.35. The molecule has 1 aliphatic heterocycles. The Bertz CT molecular complexity index is 569. The molecule has 1 heterocycles. The zero-order valence-electron chi connectivity index (χ0n) is 13.1. The van der Waals surface area contributed by atoms with Crippen LogP contribution in [0.5, 0.6) is 5.75 Å². The van der Waals surface area contributed by atoms with Gasteiger partial charge in [0.05, 0.1) is 12.0 Å². The summed E-state index contributed by atoms with van der Waals surface area (Å²) in [6.07, 6.45) is 0.694. The minimum atomic E-state index is -0.416. The molecule has 5 nitrogen and oxygen atoms in total. The minimum absolute atomic E-state index is 0.133. The third kappa shape index (κ3) is 5.13. The van der Waals surface area contributed by atoms with Crippen LogP contribution in [0.2, 0.25) is 0 Å². The first kappa shape index (κ1) is 17.6. The van der Waals surface area contributed by atoms with Gasteiger partial charge in [-0.05, 0) is 31.4 Å². The molecule has 23 heavy (non-hydrogen) atoms. The van der Waals surface area contributed by atoms with Gasteiger partial charge in [0, 0.05) is 6.07 Å². The van der Waals surface area contributed by atoms with Crippen LogP contribution in [0, 0.1) is 11.7 Å². The van der Waals surface area contributed by atoms with Gasteiger partial charge < -0.3 is 14.8 Å². The highest BCUT2D eigenvalue weighted by molar-refractivity contribution is 8.01. The standard InChI is InChI=1S/C16H20FNO4S/c1-3-21-16(20)15-10(2)7-14(23-15)18-13(19)9-22-12-6-4-5-11(17)8-12/h4-6,8,10,14-15H,3,7,9H2,1-2H3,(H,18,19). The van der Waals surface area contributed by atoms with Crippen molar-refractivity contribution in [3.05, 3.63) is 30.1 Å². The zero-order valence-corrected chi connectivity index (χ0v) is 13.9. The Balaban J connectivity index is 1.78. The van der Waals surface area contributed by atoms with E-state index in [1.807, 2.05) is 6.92 Å². The van der Waals surface area contributed by atoms with Crippen LogP contribution in [0.25, 0.3) is 0 Å². The predicted molar refractivity (Wildman–Crippen MR) is 85.6 cm³/mol. The highest BCUT2D eigenvalue weighted by Crippen LogP contribution is 2.37. The summed E-state index contributed by atoms with van der Waals surface area (Å²) in [5.41, 5.74) is 0. The molecule has 1 amide bonds. The first-order valence-corrected chi connectivity index (χ1v) is 8.43. The second-order valence-corrected chi connectivity index (χ2v) is 6.67. The fourth-order valence-electron chi connectivity index (χ4n) is 2.36. The van der Waals surface area contributed by atoms with Crippen LogP contribution >= 0.6 is 11.8 Å². The van der Waals surface area contributed by atoms with Crippen LogP contribution in [-0.2, 0) is 14.3 Å². The van der Waals surface area contributed by atoms with Crippen molar-refractivity contribution in [3.63, 3.8) is 0 Å². The van der Waals surface area contributed by atoms with Gasteiger partial charge in [0.2, 0.25) is 0 Å². The van der Waals surface area contributed by atoms with E-state index in [2.05, 4.69) is 5.32 Å². The highest BCUT2D eigenvalue weighted by atomic mass is 32.2. The molecule has 1 aliphatic rings. The van der Waals surface area contributed by atoms with E-state index in [1.54, 1.807) is 13.0 Å². The molecule has 0 aromatic heterocycles. The van der Waals surface area contributed by atoms with Crippen molar-refractivity contribution in [1.82, 2.24) is 5.32 Å². The van der Waals surface area contributed by atoms with Crippen LogP contribution in [-0.4, -0.2) is 35.7 Å². The van der Waals surface area contributed by atoms with Gasteiger partial charge in [0.1, 0.15) is 16.8 Å². The molecular formula is C16H20FNO4S. The number of ether oxygens (including phenoxy) is 2. The topological polar surface area (TPSA) is 64.6 Å². The molecule has 1 saturated heterocycles. The number of carbonyl (C=O) groups is 2. The Morgan fingerprint density at radius 2 is 2.22 bits per heavy atom. The van der Waals surface area contributed by atoms with Crippen LogP contribution < -0.4 is 10.1 Å². The van der Waals surface area contributed by atoms with E-state index in [0.717, 1.165) is 0 Å². The monoisotopic (exact) mass is 341 g/mol. The summed E-state index contributed by atoms with van der Waals surface area (Å²) in [6, 6.07) is 5.62. The van der Waals surface area contributed by atoms with Crippen molar-refractivity contribution in [1.29, 1.82) is 0 Å². The molecule has 0 saturated carbocycles. The third-order valence-electron chi connectivity index (χ3n) is 3.42. The Morgan fingerprint density at radius 1 is 1.43 bits per heavy atom. The SMILES string of the molecule is CCOC(=O)C1SC(NC(=O)COc2cccc(F)c2)CC1C. The lowest BCUT2D eigenvalue weighted by atomic mass is 10.0. The van der Waals surface area contributed by atoms with Crippen LogP contribution in [0.4, 0.5) is 4.39 Å². The van der Waals surface area contributed by atoms with Gasteiger partial charge in [0.25, 0.3) is 5.91 Å². The van der Waals surface area contributed by atoms with E-state index in [1.165, 1.54) is 30.0 Å². The minimum Gasteiger partial charge on any atom is -0.484 e. The maximum absolute atomic E-state index is 13.0. The molecule has 2 rings (SSSR count). The van der Waals surface area contributed by atoms with E-state index in [-0.39, 0.29) is 35.0 Å². The Hall–Kier alpha value is -1.76. The largest absolute Gasteiger partial charge is 0.484 e. The first-order valence-electron chi connectivity index (χ1n) is 7.49. The maximum Gasteiger partial charge on any atom is 0.319 e. The quantitative estimate of drug-likeness (QED) is 0.805.